The third-order valence-corrected chi connectivity index (χ3v) is 4.23. The third kappa shape index (κ3) is 2.93. The van der Waals surface area contributed by atoms with E-state index in [4.69, 9.17) is 5.73 Å². The van der Waals surface area contributed by atoms with Gasteiger partial charge >= 0.3 is 0 Å². The molecular weight excluding hydrogens is 266 g/mol. The quantitative estimate of drug-likeness (QED) is 0.873. The zero-order chi connectivity index (χ0) is 15.6. The lowest BCUT2D eigenvalue weighted by molar-refractivity contribution is -0.152. The van der Waals surface area contributed by atoms with Crippen LogP contribution in [0.1, 0.15) is 32.4 Å². The van der Waals surface area contributed by atoms with Crippen molar-refractivity contribution in [1.29, 1.82) is 0 Å². The first-order valence-corrected chi connectivity index (χ1v) is 7.26. The van der Waals surface area contributed by atoms with Crippen molar-refractivity contribution in [2.45, 2.75) is 32.4 Å². The molecule has 1 aliphatic heterocycles. The molecule has 2 amide bonds. The van der Waals surface area contributed by atoms with Gasteiger partial charge in [0.1, 0.15) is 5.54 Å². The molecule has 1 aliphatic rings. The van der Waals surface area contributed by atoms with Crippen LogP contribution in [0.25, 0.3) is 0 Å². The van der Waals surface area contributed by atoms with Crippen molar-refractivity contribution >= 4 is 11.8 Å². The highest BCUT2D eigenvalue weighted by atomic mass is 16.2. The van der Waals surface area contributed by atoms with E-state index < -0.39 is 5.54 Å². The lowest BCUT2D eigenvalue weighted by Crippen LogP contribution is -2.64. The van der Waals surface area contributed by atoms with Crippen LogP contribution >= 0.6 is 0 Å². The van der Waals surface area contributed by atoms with Crippen LogP contribution in [0.3, 0.4) is 0 Å². The zero-order valence-corrected chi connectivity index (χ0v) is 12.8. The van der Waals surface area contributed by atoms with Gasteiger partial charge in [0, 0.05) is 19.1 Å². The first-order valence-electron chi connectivity index (χ1n) is 7.26. The monoisotopic (exact) mass is 289 g/mol. The Morgan fingerprint density at radius 2 is 1.95 bits per heavy atom. The van der Waals surface area contributed by atoms with Crippen molar-refractivity contribution in [3.8, 4) is 0 Å². The van der Waals surface area contributed by atoms with Gasteiger partial charge in [-0.05, 0) is 19.4 Å². The average Bonchev–Trinajstić information content (AvgIpc) is 2.48. The third-order valence-electron chi connectivity index (χ3n) is 4.23. The van der Waals surface area contributed by atoms with E-state index in [-0.39, 0.29) is 23.8 Å². The summed E-state index contributed by atoms with van der Waals surface area (Å²) < 4.78 is 0. The van der Waals surface area contributed by atoms with Gasteiger partial charge in [-0.2, -0.15) is 0 Å². The van der Waals surface area contributed by atoms with Crippen LogP contribution < -0.4 is 11.1 Å². The van der Waals surface area contributed by atoms with Gasteiger partial charge in [-0.1, -0.05) is 37.3 Å². The van der Waals surface area contributed by atoms with Crippen molar-refractivity contribution < 1.29 is 9.59 Å². The molecule has 5 nitrogen and oxygen atoms in total. The summed E-state index contributed by atoms with van der Waals surface area (Å²) in [6.07, 6.45) is 0. The summed E-state index contributed by atoms with van der Waals surface area (Å²) in [6, 6.07) is 9.20. The smallest absolute Gasteiger partial charge is 0.245 e. The molecule has 1 aromatic carbocycles. The number of rotatable bonds is 3. The SMILES string of the molecule is CC(C(=O)N1CCNC(=O)C1(C)C)C(N)c1ccccc1. The Labute approximate surface area is 125 Å². The zero-order valence-electron chi connectivity index (χ0n) is 12.8. The van der Waals surface area contributed by atoms with Crippen LogP contribution in [0.15, 0.2) is 30.3 Å². The van der Waals surface area contributed by atoms with Gasteiger partial charge in [-0.3, -0.25) is 9.59 Å². The lowest BCUT2D eigenvalue weighted by atomic mass is 9.91. The number of nitrogens with one attached hydrogen (secondary N) is 1. The second kappa shape index (κ2) is 5.85. The number of piperazine rings is 1. The molecule has 0 bridgehead atoms. The minimum Gasteiger partial charge on any atom is -0.352 e. The first kappa shape index (κ1) is 15.5. The maximum absolute atomic E-state index is 12.7. The van der Waals surface area contributed by atoms with E-state index in [1.54, 1.807) is 18.7 Å². The van der Waals surface area contributed by atoms with Gasteiger partial charge in [-0.25, -0.2) is 0 Å². The molecule has 1 aromatic rings. The molecule has 1 heterocycles. The van der Waals surface area contributed by atoms with Crippen LogP contribution in [-0.4, -0.2) is 35.3 Å². The fourth-order valence-electron chi connectivity index (χ4n) is 2.65. The first-order chi connectivity index (χ1) is 9.85. The summed E-state index contributed by atoms with van der Waals surface area (Å²) in [4.78, 5) is 26.3. The fraction of sp³-hybridized carbons (Fsp3) is 0.500. The molecule has 2 atom stereocenters. The summed E-state index contributed by atoms with van der Waals surface area (Å²) in [6.45, 7) is 6.35. The highest BCUT2D eigenvalue weighted by molar-refractivity contribution is 5.92. The summed E-state index contributed by atoms with van der Waals surface area (Å²) >= 11 is 0. The predicted octanol–water partition coefficient (Wildman–Crippen LogP) is 1.06. The molecular formula is C16H23N3O2. The van der Waals surface area contributed by atoms with E-state index in [0.29, 0.717) is 13.1 Å². The molecule has 21 heavy (non-hydrogen) atoms. The van der Waals surface area contributed by atoms with E-state index in [2.05, 4.69) is 5.32 Å². The van der Waals surface area contributed by atoms with E-state index >= 15 is 0 Å². The maximum atomic E-state index is 12.7. The molecule has 1 saturated heterocycles. The summed E-state index contributed by atoms with van der Waals surface area (Å²) in [5, 5.41) is 2.79. The van der Waals surface area contributed by atoms with Gasteiger partial charge in [-0.15, -0.1) is 0 Å². The number of amides is 2. The Balaban J connectivity index is 2.17. The van der Waals surface area contributed by atoms with Gasteiger partial charge in [0.2, 0.25) is 11.8 Å². The molecule has 2 unspecified atom stereocenters. The van der Waals surface area contributed by atoms with Crippen LogP contribution in [0.5, 0.6) is 0 Å². The second-order valence-corrected chi connectivity index (χ2v) is 6.03. The molecule has 3 N–H and O–H groups in total. The summed E-state index contributed by atoms with van der Waals surface area (Å²) in [5.74, 6) is -0.577. The van der Waals surface area contributed by atoms with Crippen LogP contribution in [0, 0.1) is 5.92 Å². The van der Waals surface area contributed by atoms with Gasteiger partial charge in [0.05, 0.1) is 5.92 Å². The van der Waals surface area contributed by atoms with Crippen molar-refractivity contribution in [1.82, 2.24) is 10.2 Å². The number of benzene rings is 1. The van der Waals surface area contributed by atoms with E-state index in [1.807, 2.05) is 37.3 Å². The molecule has 2 rings (SSSR count). The normalized spacial score (nSPS) is 20.6. The number of carbonyl (C=O) groups is 2. The minimum absolute atomic E-state index is 0.0776. The van der Waals surface area contributed by atoms with E-state index in [1.165, 1.54) is 0 Å². The van der Waals surface area contributed by atoms with Crippen molar-refractivity contribution in [2.24, 2.45) is 11.7 Å². The number of carbonyl (C=O) groups excluding carboxylic acids is 2. The standard InChI is InChI=1S/C16H23N3O2/c1-11(13(17)12-7-5-4-6-8-12)14(20)19-10-9-18-15(21)16(19,2)3/h4-8,11,13H,9-10,17H2,1-3H3,(H,18,21). The lowest BCUT2D eigenvalue weighted by Gasteiger charge is -2.43. The Morgan fingerprint density at radius 1 is 1.33 bits per heavy atom. The molecule has 5 heteroatoms. The van der Waals surface area contributed by atoms with Crippen molar-refractivity contribution in [2.75, 3.05) is 13.1 Å². The molecule has 0 saturated carbocycles. The molecule has 0 aromatic heterocycles. The maximum Gasteiger partial charge on any atom is 0.245 e. The Kier molecular flexibility index (Phi) is 4.32. The number of nitrogens with zero attached hydrogens (tertiary/aromatic N) is 1. The fourth-order valence-corrected chi connectivity index (χ4v) is 2.65. The summed E-state index contributed by atoms with van der Waals surface area (Å²) in [7, 11) is 0. The van der Waals surface area contributed by atoms with Crippen molar-refractivity contribution in [3.63, 3.8) is 0 Å². The van der Waals surface area contributed by atoms with Gasteiger partial charge < -0.3 is 16.0 Å². The minimum atomic E-state index is -0.833. The van der Waals surface area contributed by atoms with Crippen molar-refractivity contribution in [3.05, 3.63) is 35.9 Å². The van der Waals surface area contributed by atoms with Gasteiger partial charge in [0.15, 0.2) is 0 Å². The van der Waals surface area contributed by atoms with E-state index in [0.717, 1.165) is 5.56 Å². The van der Waals surface area contributed by atoms with Crippen LogP contribution in [0.4, 0.5) is 0 Å². The predicted molar refractivity (Wildman–Crippen MR) is 81.3 cm³/mol. The largest absolute Gasteiger partial charge is 0.352 e. The van der Waals surface area contributed by atoms with Crippen LogP contribution in [0.2, 0.25) is 0 Å². The molecule has 0 aliphatic carbocycles. The summed E-state index contributed by atoms with van der Waals surface area (Å²) in [5.41, 5.74) is 6.32. The molecule has 1 fully saturated rings. The highest BCUT2D eigenvalue weighted by Crippen LogP contribution is 2.26. The Morgan fingerprint density at radius 3 is 2.57 bits per heavy atom. The molecule has 0 radical (unpaired) electrons. The highest BCUT2D eigenvalue weighted by Gasteiger charge is 2.42. The number of nitrogens with two attached hydrogens (primary N) is 1. The average molecular weight is 289 g/mol. The Bertz CT molecular complexity index is 528. The molecule has 114 valence electrons. The van der Waals surface area contributed by atoms with Gasteiger partial charge in [0.25, 0.3) is 0 Å². The van der Waals surface area contributed by atoms with E-state index in [9.17, 15) is 9.59 Å². The number of hydrogen-bond acceptors (Lipinski definition) is 3. The number of hydrogen-bond donors (Lipinski definition) is 2. The second-order valence-electron chi connectivity index (χ2n) is 6.03. The molecule has 0 spiro atoms. The topological polar surface area (TPSA) is 75.4 Å². The van der Waals surface area contributed by atoms with Crippen LogP contribution in [-0.2, 0) is 9.59 Å². The Hall–Kier alpha value is -1.88.